The van der Waals surface area contributed by atoms with Gasteiger partial charge >= 0.3 is 0 Å². The monoisotopic (exact) mass is 213 g/mol. The minimum atomic E-state index is 0.0512. The Bertz CT molecular complexity index is 296. The number of nitrogens with two attached hydrogens (primary N) is 1. The minimum Gasteiger partial charge on any atom is -0.381 e. The fourth-order valence-electron chi connectivity index (χ4n) is 1.81. The van der Waals surface area contributed by atoms with Gasteiger partial charge in [-0.05, 0) is 31.3 Å². The van der Waals surface area contributed by atoms with Crippen molar-refractivity contribution in [1.82, 2.24) is 9.59 Å². The zero-order valence-electron chi connectivity index (χ0n) is 8.27. The molecule has 0 amide bonds. The van der Waals surface area contributed by atoms with E-state index in [2.05, 4.69) is 9.59 Å². The van der Waals surface area contributed by atoms with E-state index in [1.165, 1.54) is 11.5 Å². The zero-order chi connectivity index (χ0) is 9.97. The Hall–Kier alpha value is -0.520. The Morgan fingerprint density at radius 1 is 1.64 bits per heavy atom. The Labute approximate surface area is 87.6 Å². The molecule has 1 saturated heterocycles. The van der Waals surface area contributed by atoms with Gasteiger partial charge in [-0.15, -0.1) is 5.10 Å². The van der Waals surface area contributed by atoms with E-state index in [-0.39, 0.29) is 6.04 Å². The lowest BCUT2D eigenvalue weighted by Crippen LogP contribution is -2.28. The number of aryl methyl sites for hydroxylation is 1. The van der Waals surface area contributed by atoms with Crippen LogP contribution in [0.15, 0.2) is 0 Å². The highest BCUT2D eigenvalue weighted by Gasteiger charge is 2.25. The summed E-state index contributed by atoms with van der Waals surface area (Å²) < 4.78 is 9.33. The second-order valence-corrected chi connectivity index (χ2v) is 4.51. The summed E-state index contributed by atoms with van der Waals surface area (Å²) in [6, 6.07) is 0.0512. The van der Waals surface area contributed by atoms with Gasteiger partial charge in [0.25, 0.3) is 0 Å². The molecule has 5 heteroatoms. The Morgan fingerprint density at radius 2 is 2.50 bits per heavy atom. The maximum atomic E-state index is 6.17. The van der Waals surface area contributed by atoms with Crippen LogP contribution in [0.5, 0.6) is 0 Å². The van der Waals surface area contributed by atoms with Gasteiger partial charge in [0.15, 0.2) is 0 Å². The van der Waals surface area contributed by atoms with E-state index < -0.39 is 0 Å². The van der Waals surface area contributed by atoms with Crippen LogP contribution in [0.2, 0.25) is 0 Å². The Balaban J connectivity index is 2.07. The van der Waals surface area contributed by atoms with E-state index in [4.69, 9.17) is 10.5 Å². The molecule has 0 aliphatic carbocycles. The summed E-state index contributed by atoms with van der Waals surface area (Å²) in [6.45, 7) is 3.62. The van der Waals surface area contributed by atoms with Crippen LogP contribution >= 0.6 is 11.5 Å². The van der Waals surface area contributed by atoms with Crippen molar-refractivity contribution in [2.75, 3.05) is 13.2 Å². The van der Waals surface area contributed by atoms with Crippen molar-refractivity contribution < 1.29 is 4.74 Å². The molecule has 0 radical (unpaired) electrons. The summed E-state index contributed by atoms with van der Waals surface area (Å²) in [6.07, 6.45) is 2.27. The second kappa shape index (κ2) is 4.33. The third-order valence-electron chi connectivity index (χ3n) is 2.69. The van der Waals surface area contributed by atoms with Gasteiger partial charge in [0.2, 0.25) is 0 Å². The van der Waals surface area contributed by atoms with Crippen LogP contribution in [0.1, 0.15) is 29.5 Å². The summed E-state index contributed by atoms with van der Waals surface area (Å²) in [5.74, 6) is 0.435. The van der Waals surface area contributed by atoms with Gasteiger partial charge in [0, 0.05) is 18.6 Å². The van der Waals surface area contributed by atoms with Gasteiger partial charge in [-0.3, -0.25) is 0 Å². The third-order valence-corrected chi connectivity index (χ3v) is 3.62. The normalized spacial score (nSPS) is 24.9. The number of hydrogen-bond donors (Lipinski definition) is 1. The van der Waals surface area contributed by atoms with Crippen LogP contribution < -0.4 is 5.73 Å². The van der Waals surface area contributed by atoms with E-state index in [1.54, 1.807) is 0 Å². The van der Waals surface area contributed by atoms with E-state index in [0.29, 0.717) is 5.92 Å². The lowest BCUT2D eigenvalue weighted by molar-refractivity contribution is 0.0451. The number of rotatable bonds is 2. The largest absolute Gasteiger partial charge is 0.381 e. The van der Waals surface area contributed by atoms with Crippen molar-refractivity contribution in [3.05, 3.63) is 10.6 Å². The van der Waals surface area contributed by atoms with E-state index >= 15 is 0 Å². The molecule has 1 aromatic rings. The fourth-order valence-corrected chi connectivity index (χ4v) is 2.54. The molecular formula is C9H15N3OS. The van der Waals surface area contributed by atoms with Crippen molar-refractivity contribution in [1.29, 1.82) is 0 Å². The molecule has 78 valence electrons. The van der Waals surface area contributed by atoms with E-state index in [1.807, 2.05) is 6.92 Å². The van der Waals surface area contributed by atoms with Gasteiger partial charge in [-0.25, -0.2) is 0 Å². The molecule has 1 aliphatic heterocycles. The van der Waals surface area contributed by atoms with Crippen molar-refractivity contribution in [3.63, 3.8) is 0 Å². The average Bonchev–Trinajstić information content (AvgIpc) is 2.65. The number of hydrogen-bond acceptors (Lipinski definition) is 5. The topological polar surface area (TPSA) is 61.0 Å². The number of ether oxygens (including phenoxy) is 1. The average molecular weight is 213 g/mol. The maximum absolute atomic E-state index is 6.17. The first-order valence-corrected chi connectivity index (χ1v) is 5.68. The molecule has 1 fully saturated rings. The predicted molar refractivity (Wildman–Crippen MR) is 55.1 cm³/mol. The summed E-state index contributed by atoms with van der Waals surface area (Å²) in [4.78, 5) is 1.11. The molecule has 0 saturated carbocycles. The van der Waals surface area contributed by atoms with Crippen LogP contribution in [0.25, 0.3) is 0 Å². The molecule has 2 heterocycles. The highest BCUT2D eigenvalue weighted by atomic mass is 32.1. The third kappa shape index (κ3) is 1.94. The summed E-state index contributed by atoms with van der Waals surface area (Å²) in [5.41, 5.74) is 7.13. The van der Waals surface area contributed by atoms with Gasteiger partial charge in [-0.2, -0.15) is 0 Å². The molecule has 2 rings (SSSR count). The Kier molecular flexibility index (Phi) is 3.10. The molecule has 2 N–H and O–H groups in total. The smallest absolute Gasteiger partial charge is 0.0772 e. The quantitative estimate of drug-likeness (QED) is 0.803. The fraction of sp³-hybridized carbons (Fsp3) is 0.778. The molecule has 1 aromatic heterocycles. The first kappa shape index (κ1) is 10.0. The van der Waals surface area contributed by atoms with Crippen LogP contribution in [0.3, 0.4) is 0 Å². The van der Waals surface area contributed by atoms with Gasteiger partial charge in [0.1, 0.15) is 0 Å². The van der Waals surface area contributed by atoms with Gasteiger partial charge in [0.05, 0.1) is 17.2 Å². The SMILES string of the molecule is Cc1nnsc1C(N)C1CCCOC1. The minimum absolute atomic E-state index is 0.0512. The number of nitrogens with zero attached hydrogens (tertiary/aromatic N) is 2. The summed E-state index contributed by atoms with van der Waals surface area (Å²) in [7, 11) is 0. The molecule has 2 atom stereocenters. The summed E-state index contributed by atoms with van der Waals surface area (Å²) in [5, 5.41) is 3.98. The highest BCUT2D eigenvalue weighted by Crippen LogP contribution is 2.29. The van der Waals surface area contributed by atoms with Crippen molar-refractivity contribution in [3.8, 4) is 0 Å². The molecule has 14 heavy (non-hydrogen) atoms. The second-order valence-electron chi connectivity index (χ2n) is 3.73. The van der Waals surface area contributed by atoms with Crippen LogP contribution in [0, 0.1) is 12.8 Å². The first-order chi connectivity index (χ1) is 6.79. The van der Waals surface area contributed by atoms with E-state index in [0.717, 1.165) is 36.6 Å². The van der Waals surface area contributed by atoms with Crippen molar-refractivity contribution in [2.45, 2.75) is 25.8 Å². The molecule has 4 nitrogen and oxygen atoms in total. The molecule has 0 spiro atoms. The molecule has 1 aliphatic rings. The molecule has 0 aromatic carbocycles. The van der Waals surface area contributed by atoms with Gasteiger partial charge in [-0.1, -0.05) is 4.49 Å². The zero-order valence-corrected chi connectivity index (χ0v) is 9.09. The Morgan fingerprint density at radius 3 is 3.07 bits per heavy atom. The summed E-state index contributed by atoms with van der Waals surface area (Å²) >= 11 is 1.41. The van der Waals surface area contributed by atoms with E-state index in [9.17, 15) is 0 Å². The van der Waals surface area contributed by atoms with Crippen molar-refractivity contribution in [2.24, 2.45) is 11.7 Å². The lowest BCUT2D eigenvalue weighted by Gasteiger charge is -2.26. The van der Waals surface area contributed by atoms with Crippen molar-refractivity contribution >= 4 is 11.5 Å². The lowest BCUT2D eigenvalue weighted by atomic mass is 9.93. The van der Waals surface area contributed by atoms with Crippen LogP contribution in [-0.2, 0) is 4.74 Å². The predicted octanol–water partition coefficient (Wildman–Crippen LogP) is 1.27. The van der Waals surface area contributed by atoms with Crippen LogP contribution in [0.4, 0.5) is 0 Å². The highest BCUT2D eigenvalue weighted by molar-refractivity contribution is 7.05. The molecule has 2 unspecified atom stereocenters. The van der Waals surface area contributed by atoms with Crippen LogP contribution in [-0.4, -0.2) is 22.8 Å². The van der Waals surface area contributed by atoms with Gasteiger partial charge < -0.3 is 10.5 Å². The standard InChI is InChI=1S/C9H15N3OS/c1-6-9(14-12-11-6)8(10)7-3-2-4-13-5-7/h7-8H,2-5,10H2,1H3. The maximum Gasteiger partial charge on any atom is 0.0772 e. The molecular weight excluding hydrogens is 198 g/mol. The first-order valence-electron chi connectivity index (χ1n) is 4.91. The molecule has 0 bridgehead atoms. The number of aromatic nitrogens is 2.